The lowest BCUT2D eigenvalue weighted by Crippen LogP contribution is -2.42. The van der Waals surface area contributed by atoms with Gasteiger partial charge in [0.15, 0.2) is 0 Å². The topological polar surface area (TPSA) is 110 Å². The van der Waals surface area contributed by atoms with Crippen LogP contribution in [-0.4, -0.2) is 49.3 Å². The number of hydrogen-bond donors (Lipinski definition) is 3. The molecule has 0 bridgehead atoms. The Morgan fingerprint density at radius 1 is 1.44 bits per heavy atom. The Bertz CT molecular complexity index is 345. The van der Waals surface area contributed by atoms with Crippen LogP contribution in [0.3, 0.4) is 0 Å². The minimum absolute atomic E-state index is 0.00380. The quantitative estimate of drug-likeness (QED) is 0.280. The van der Waals surface area contributed by atoms with Gasteiger partial charge in [-0.3, -0.25) is 10.4 Å². The molecule has 7 nitrogen and oxygen atoms in total. The molecule has 0 spiro atoms. The molecule has 0 aliphatic carbocycles. The van der Waals surface area contributed by atoms with Crippen LogP contribution in [-0.2, 0) is 9.57 Å². The summed E-state index contributed by atoms with van der Waals surface area (Å²) in [6, 6.07) is 0.114. The number of nitrogens with zero attached hydrogens (tertiary/aromatic N) is 2. The van der Waals surface area contributed by atoms with Gasteiger partial charge in [0.25, 0.3) is 0 Å². The van der Waals surface area contributed by atoms with Gasteiger partial charge in [-0.25, -0.2) is 0 Å². The summed E-state index contributed by atoms with van der Waals surface area (Å²) in [5.41, 5.74) is 6.05. The van der Waals surface area contributed by atoms with E-state index in [0.29, 0.717) is 31.9 Å². The summed E-state index contributed by atoms with van der Waals surface area (Å²) in [4.78, 5) is 10.6. The molecule has 1 rings (SSSR count). The Labute approximate surface area is 107 Å². The molecule has 0 atom stereocenters. The van der Waals surface area contributed by atoms with Gasteiger partial charge in [-0.1, -0.05) is 0 Å². The van der Waals surface area contributed by atoms with Gasteiger partial charge in [0, 0.05) is 25.3 Å². The maximum absolute atomic E-state index is 8.12. The van der Waals surface area contributed by atoms with Gasteiger partial charge >= 0.3 is 0 Å². The predicted molar refractivity (Wildman–Crippen MR) is 70.2 cm³/mol. The van der Waals surface area contributed by atoms with Gasteiger partial charge in [-0.05, 0) is 13.8 Å². The zero-order valence-corrected chi connectivity index (χ0v) is 10.8. The van der Waals surface area contributed by atoms with Gasteiger partial charge < -0.3 is 20.2 Å². The number of nitrogens with one attached hydrogen (secondary N) is 1. The van der Waals surface area contributed by atoms with E-state index in [1.807, 2.05) is 18.7 Å². The summed E-state index contributed by atoms with van der Waals surface area (Å²) in [6.07, 6.45) is 1.53. The third kappa shape index (κ3) is 4.01. The van der Waals surface area contributed by atoms with Crippen molar-refractivity contribution in [2.45, 2.75) is 19.9 Å². The third-order valence-electron chi connectivity index (χ3n) is 2.48. The average molecular weight is 255 g/mol. The minimum Gasteiger partial charge on any atom is -0.393 e. The molecule has 0 unspecified atom stereocenters. The van der Waals surface area contributed by atoms with E-state index in [1.54, 1.807) is 0 Å². The van der Waals surface area contributed by atoms with Crippen molar-refractivity contribution >= 4 is 12.1 Å². The zero-order chi connectivity index (χ0) is 13.5. The fraction of sp³-hybridized carbons (Fsp3) is 0.636. The Hall–Kier alpha value is -1.60. The first-order valence-electron chi connectivity index (χ1n) is 5.87. The van der Waals surface area contributed by atoms with Gasteiger partial charge in [0.2, 0.25) is 5.88 Å². The first kappa shape index (κ1) is 14.5. The Kier molecular flexibility index (Phi) is 5.60. The number of nitrogens with two attached hydrogens (primary N) is 2. The summed E-state index contributed by atoms with van der Waals surface area (Å²) < 4.78 is 5.24. The van der Waals surface area contributed by atoms with Crippen LogP contribution < -0.4 is 11.6 Å². The predicted octanol–water partition coefficient (Wildman–Crippen LogP) is -0.164. The van der Waals surface area contributed by atoms with Crippen molar-refractivity contribution in [2.75, 3.05) is 26.3 Å². The van der Waals surface area contributed by atoms with Gasteiger partial charge in [-0.2, -0.15) is 5.90 Å². The molecular formula is C11H21N5O2. The van der Waals surface area contributed by atoms with Crippen LogP contribution in [0.4, 0.5) is 0 Å². The number of morpholine rings is 1. The molecule has 1 aliphatic rings. The SMILES string of the molecule is CC(C)N=CC(C(=N)N1CCOCC1)=C(N)ON. The molecule has 7 heteroatoms. The van der Waals surface area contributed by atoms with E-state index in [9.17, 15) is 0 Å². The van der Waals surface area contributed by atoms with Crippen LogP contribution in [0.1, 0.15) is 13.8 Å². The second kappa shape index (κ2) is 6.97. The Balaban J connectivity index is 2.86. The lowest BCUT2D eigenvalue weighted by Gasteiger charge is -2.29. The smallest absolute Gasteiger partial charge is 0.221 e. The van der Waals surface area contributed by atoms with Crippen molar-refractivity contribution in [3.8, 4) is 0 Å². The molecule has 0 saturated carbocycles. The van der Waals surface area contributed by atoms with Gasteiger partial charge in [0.05, 0.1) is 18.8 Å². The standard InChI is InChI=1S/C11H21N5O2/c1-8(2)15-7-9(11(13)18-14)10(12)16-3-5-17-6-4-16/h7-8,12H,3-6,13-14H2,1-2H3. The first-order chi connectivity index (χ1) is 8.56. The molecule has 102 valence electrons. The molecule has 1 saturated heterocycles. The number of aliphatic imine (C=N–C) groups is 1. The van der Waals surface area contributed by atoms with Gasteiger partial charge in [0.1, 0.15) is 5.84 Å². The van der Waals surface area contributed by atoms with Crippen LogP contribution in [0.2, 0.25) is 0 Å². The van der Waals surface area contributed by atoms with Crippen LogP contribution in [0.15, 0.2) is 16.4 Å². The molecule has 18 heavy (non-hydrogen) atoms. The molecule has 0 aromatic rings. The highest BCUT2D eigenvalue weighted by Gasteiger charge is 2.19. The second-order valence-electron chi connectivity index (χ2n) is 4.22. The molecule has 5 N–H and O–H groups in total. The fourth-order valence-corrected chi connectivity index (χ4v) is 1.49. The van der Waals surface area contributed by atoms with E-state index >= 15 is 0 Å². The number of rotatable bonds is 4. The van der Waals surface area contributed by atoms with Crippen molar-refractivity contribution in [1.82, 2.24) is 4.90 Å². The van der Waals surface area contributed by atoms with E-state index in [2.05, 4.69) is 9.83 Å². The highest BCUT2D eigenvalue weighted by Crippen LogP contribution is 2.07. The maximum atomic E-state index is 8.12. The Morgan fingerprint density at radius 2 is 2.06 bits per heavy atom. The summed E-state index contributed by atoms with van der Waals surface area (Å²) in [5.74, 6) is 5.31. The zero-order valence-electron chi connectivity index (χ0n) is 10.8. The molecular weight excluding hydrogens is 234 g/mol. The Morgan fingerprint density at radius 3 is 2.56 bits per heavy atom. The fourth-order valence-electron chi connectivity index (χ4n) is 1.49. The van der Waals surface area contributed by atoms with Crippen LogP contribution in [0.25, 0.3) is 0 Å². The number of amidine groups is 1. The normalized spacial score (nSPS) is 18.1. The second-order valence-corrected chi connectivity index (χ2v) is 4.22. The highest BCUT2D eigenvalue weighted by atomic mass is 16.6. The molecule has 1 aliphatic heterocycles. The average Bonchev–Trinajstić information content (AvgIpc) is 2.39. The van der Waals surface area contributed by atoms with Crippen molar-refractivity contribution < 1.29 is 9.57 Å². The third-order valence-corrected chi connectivity index (χ3v) is 2.48. The molecule has 0 radical (unpaired) electrons. The molecule has 1 fully saturated rings. The molecule has 1 heterocycles. The number of hydrogen-bond acceptors (Lipinski definition) is 6. The number of ether oxygens (including phenoxy) is 1. The summed E-state index contributed by atoms with van der Waals surface area (Å²) in [6.45, 7) is 6.37. The van der Waals surface area contributed by atoms with Crippen molar-refractivity contribution in [2.24, 2.45) is 16.6 Å². The van der Waals surface area contributed by atoms with E-state index in [0.717, 1.165) is 0 Å². The lowest BCUT2D eigenvalue weighted by molar-refractivity contribution is 0.0678. The van der Waals surface area contributed by atoms with E-state index in [-0.39, 0.29) is 17.8 Å². The van der Waals surface area contributed by atoms with E-state index in [4.69, 9.17) is 21.8 Å². The maximum Gasteiger partial charge on any atom is 0.221 e. The van der Waals surface area contributed by atoms with E-state index < -0.39 is 0 Å². The molecule has 0 aromatic heterocycles. The summed E-state index contributed by atoms with van der Waals surface area (Å²) in [5, 5.41) is 8.12. The first-order valence-corrected chi connectivity index (χ1v) is 5.87. The highest BCUT2D eigenvalue weighted by molar-refractivity contribution is 6.13. The van der Waals surface area contributed by atoms with Crippen molar-refractivity contribution in [3.63, 3.8) is 0 Å². The van der Waals surface area contributed by atoms with Crippen molar-refractivity contribution in [3.05, 3.63) is 11.5 Å². The van der Waals surface area contributed by atoms with Crippen molar-refractivity contribution in [1.29, 1.82) is 5.41 Å². The monoisotopic (exact) mass is 255 g/mol. The van der Waals surface area contributed by atoms with Crippen LogP contribution in [0, 0.1) is 5.41 Å². The largest absolute Gasteiger partial charge is 0.393 e. The summed E-state index contributed by atoms with van der Waals surface area (Å²) >= 11 is 0. The summed E-state index contributed by atoms with van der Waals surface area (Å²) in [7, 11) is 0. The van der Waals surface area contributed by atoms with Gasteiger partial charge in [-0.15, -0.1) is 0 Å². The lowest BCUT2D eigenvalue weighted by atomic mass is 10.2. The van der Waals surface area contributed by atoms with Crippen LogP contribution in [0.5, 0.6) is 0 Å². The minimum atomic E-state index is -0.00380. The van der Waals surface area contributed by atoms with Crippen LogP contribution >= 0.6 is 0 Å². The molecule has 0 aromatic carbocycles. The molecule has 0 amide bonds. The van der Waals surface area contributed by atoms with E-state index in [1.165, 1.54) is 6.21 Å².